The second-order valence-corrected chi connectivity index (χ2v) is 10.2. The number of thiazole rings is 1. The van der Waals surface area contributed by atoms with Crippen molar-refractivity contribution < 1.29 is 17.9 Å². The normalized spacial score (nSPS) is 11.8. The Morgan fingerprint density at radius 1 is 0.960 bits per heavy atom. The van der Waals surface area contributed by atoms with Crippen LogP contribution in [-0.4, -0.2) is 11.3 Å². The number of rotatable bonds is 7. The quantitative estimate of drug-likeness (QED) is 0.305. The number of para-hydroxylation sites is 1. The van der Waals surface area contributed by atoms with Crippen molar-refractivity contribution in [3.63, 3.8) is 0 Å². The van der Waals surface area contributed by atoms with Crippen molar-refractivity contribution in [2.75, 3.05) is 0 Å². The number of nitrogens with zero attached hydrogens (tertiary/aromatic N) is 1. The maximum absolute atomic E-state index is 12.1. The fraction of sp³-hybridized carbons (Fsp3) is 0.188. The third kappa shape index (κ3) is 6.02. The third-order valence-electron chi connectivity index (χ3n) is 3.00. The van der Waals surface area contributed by atoms with E-state index in [4.69, 9.17) is 0 Å². The number of aromatic nitrogens is 1. The molecule has 0 atom stereocenters. The lowest BCUT2D eigenvalue weighted by Crippen LogP contribution is -2.16. The van der Waals surface area contributed by atoms with Crippen molar-refractivity contribution in [3.8, 4) is 5.75 Å². The van der Waals surface area contributed by atoms with Crippen LogP contribution in [-0.2, 0) is 11.5 Å². The highest BCUT2D eigenvalue weighted by molar-refractivity contribution is 9.09. The molecule has 3 aromatic rings. The molecule has 2 aromatic carbocycles. The molecule has 0 amide bonds. The standard InChI is InChI=1S/C16H12F3NOS4/c17-16(18,19)21-12-7-5-11(6-8-12)9-22-25-23-10-15-20-13-3-1-2-4-14(13)24-15/h1-8H,9-10H2. The van der Waals surface area contributed by atoms with E-state index in [0.29, 0.717) is 5.75 Å². The van der Waals surface area contributed by atoms with Gasteiger partial charge in [-0.05, 0) is 39.7 Å². The molecule has 0 saturated heterocycles. The molecule has 0 N–H and O–H groups in total. The Morgan fingerprint density at radius 2 is 1.68 bits per heavy atom. The van der Waals surface area contributed by atoms with Gasteiger partial charge < -0.3 is 4.74 Å². The summed E-state index contributed by atoms with van der Waals surface area (Å²) in [6.07, 6.45) is -4.65. The van der Waals surface area contributed by atoms with E-state index in [0.717, 1.165) is 21.8 Å². The van der Waals surface area contributed by atoms with Crippen LogP contribution in [0.3, 0.4) is 0 Å². The van der Waals surface area contributed by atoms with E-state index < -0.39 is 6.36 Å². The topological polar surface area (TPSA) is 22.1 Å². The molecule has 0 radical (unpaired) electrons. The Kier molecular flexibility index (Phi) is 6.43. The highest BCUT2D eigenvalue weighted by Gasteiger charge is 2.30. The molecule has 1 heterocycles. The van der Waals surface area contributed by atoms with Gasteiger partial charge in [-0.3, -0.25) is 0 Å². The molecule has 0 fully saturated rings. The van der Waals surface area contributed by atoms with Crippen molar-refractivity contribution in [3.05, 3.63) is 59.1 Å². The van der Waals surface area contributed by atoms with Crippen LogP contribution in [0.2, 0.25) is 0 Å². The first-order chi connectivity index (χ1) is 12.0. The SMILES string of the molecule is FC(F)(F)Oc1ccc(CSSSCc2nc3ccccc3s2)cc1. The molecule has 25 heavy (non-hydrogen) atoms. The van der Waals surface area contributed by atoms with Crippen molar-refractivity contribution in [2.45, 2.75) is 17.9 Å². The molecule has 0 aliphatic rings. The Bertz CT molecular complexity index is 787. The number of benzene rings is 2. The molecule has 1 aromatic heterocycles. The largest absolute Gasteiger partial charge is 0.573 e. The summed E-state index contributed by atoms with van der Waals surface area (Å²) in [5, 5.41) is 1.09. The minimum atomic E-state index is -4.65. The van der Waals surface area contributed by atoms with Gasteiger partial charge in [0.05, 0.1) is 16.0 Å². The van der Waals surface area contributed by atoms with Gasteiger partial charge in [0.25, 0.3) is 0 Å². The third-order valence-corrected chi connectivity index (χ3v) is 8.27. The minimum absolute atomic E-state index is 0.195. The zero-order valence-electron chi connectivity index (χ0n) is 12.7. The summed E-state index contributed by atoms with van der Waals surface area (Å²) in [5.41, 5.74) is 1.98. The number of hydrogen-bond acceptors (Lipinski definition) is 6. The van der Waals surface area contributed by atoms with Gasteiger partial charge in [-0.15, -0.1) is 24.5 Å². The van der Waals surface area contributed by atoms with Crippen molar-refractivity contribution in [2.24, 2.45) is 0 Å². The molecule has 3 rings (SSSR count). The predicted octanol–water partition coefficient (Wildman–Crippen LogP) is 6.92. The zero-order valence-corrected chi connectivity index (χ0v) is 15.9. The van der Waals surface area contributed by atoms with Gasteiger partial charge in [-0.2, -0.15) is 0 Å². The fourth-order valence-electron chi connectivity index (χ4n) is 1.97. The Hall–Kier alpha value is -1.03. The van der Waals surface area contributed by atoms with Crippen LogP contribution in [0.1, 0.15) is 10.6 Å². The highest BCUT2D eigenvalue weighted by atomic mass is 33.5. The second-order valence-electron chi connectivity index (χ2n) is 4.86. The van der Waals surface area contributed by atoms with Crippen LogP contribution >= 0.6 is 42.8 Å². The number of halogens is 3. The monoisotopic (exact) mass is 419 g/mol. The maximum Gasteiger partial charge on any atom is 0.573 e. The molecule has 0 unspecified atom stereocenters. The van der Waals surface area contributed by atoms with Crippen LogP contribution in [0, 0.1) is 0 Å². The lowest BCUT2D eigenvalue weighted by atomic mass is 10.2. The van der Waals surface area contributed by atoms with Crippen LogP contribution < -0.4 is 4.74 Å². The molecule has 0 saturated carbocycles. The zero-order chi connectivity index (χ0) is 17.7. The summed E-state index contributed by atoms with van der Waals surface area (Å²) in [7, 11) is 5.01. The van der Waals surface area contributed by atoms with Gasteiger partial charge in [0.1, 0.15) is 10.8 Å². The maximum atomic E-state index is 12.1. The van der Waals surface area contributed by atoms with Crippen molar-refractivity contribution in [1.29, 1.82) is 0 Å². The molecule has 132 valence electrons. The van der Waals surface area contributed by atoms with Gasteiger partial charge in [0.15, 0.2) is 0 Å². The summed E-state index contributed by atoms with van der Waals surface area (Å²) in [6, 6.07) is 14.0. The van der Waals surface area contributed by atoms with Gasteiger partial charge in [-0.25, -0.2) is 4.98 Å². The average molecular weight is 420 g/mol. The average Bonchev–Trinajstić information content (AvgIpc) is 2.97. The molecular weight excluding hydrogens is 407 g/mol. The first-order valence-electron chi connectivity index (χ1n) is 7.10. The summed E-state index contributed by atoms with van der Waals surface area (Å²) in [6.45, 7) is 0. The van der Waals surface area contributed by atoms with E-state index in [2.05, 4.69) is 15.8 Å². The van der Waals surface area contributed by atoms with Gasteiger partial charge in [0.2, 0.25) is 0 Å². The minimum Gasteiger partial charge on any atom is -0.406 e. The van der Waals surface area contributed by atoms with Crippen LogP contribution in [0.5, 0.6) is 5.75 Å². The van der Waals surface area contributed by atoms with Crippen molar-refractivity contribution >= 4 is 53.0 Å². The molecule has 0 aliphatic heterocycles. The van der Waals surface area contributed by atoms with Crippen molar-refractivity contribution in [1.82, 2.24) is 4.98 Å². The molecule has 9 heteroatoms. The lowest BCUT2D eigenvalue weighted by molar-refractivity contribution is -0.274. The first kappa shape index (κ1) is 18.8. The number of alkyl halides is 3. The summed E-state index contributed by atoms with van der Waals surface area (Å²) in [4.78, 5) is 4.58. The number of hydrogen-bond donors (Lipinski definition) is 0. The molecule has 0 aliphatic carbocycles. The molecular formula is C16H12F3NOS4. The Morgan fingerprint density at radius 3 is 2.40 bits per heavy atom. The smallest absolute Gasteiger partial charge is 0.406 e. The van der Waals surface area contributed by atoms with Gasteiger partial charge in [0, 0.05) is 5.75 Å². The lowest BCUT2D eigenvalue weighted by Gasteiger charge is -2.09. The molecule has 0 spiro atoms. The van der Waals surface area contributed by atoms with Crippen LogP contribution in [0.15, 0.2) is 48.5 Å². The summed E-state index contributed by atoms with van der Waals surface area (Å²) < 4.78 is 41.3. The van der Waals surface area contributed by atoms with Crippen LogP contribution in [0.4, 0.5) is 13.2 Å². The number of ether oxygens (including phenoxy) is 1. The molecule has 0 bridgehead atoms. The van der Waals surface area contributed by atoms with E-state index >= 15 is 0 Å². The second kappa shape index (κ2) is 8.57. The van der Waals surface area contributed by atoms with E-state index in [9.17, 15) is 13.2 Å². The summed E-state index contributed by atoms with van der Waals surface area (Å²) in [5.74, 6) is 1.35. The van der Waals surface area contributed by atoms with E-state index in [-0.39, 0.29) is 5.75 Å². The van der Waals surface area contributed by atoms with E-state index in [1.807, 2.05) is 18.2 Å². The Labute approximate surface area is 158 Å². The fourth-order valence-corrected chi connectivity index (χ4v) is 6.74. The predicted molar refractivity (Wildman–Crippen MR) is 103 cm³/mol. The highest BCUT2D eigenvalue weighted by Crippen LogP contribution is 2.40. The van der Waals surface area contributed by atoms with Crippen LogP contribution in [0.25, 0.3) is 10.2 Å². The van der Waals surface area contributed by atoms with Gasteiger partial charge >= 0.3 is 6.36 Å². The molecule has 2 nitrogen and oxygen atoms in total. The van der Waals surface area contributed by atoms with E-state index in [1.54, 1.807) is 54.9 Å². The van der Waals surface area contributed by atoms with Gasteiger partial charge in [-0.1, -0.05) is 45.9 Å². The number of fused-ring (bicyclic) bond motifs is 1. The Balaban J connectivity index is 1.39. The van der Waals surface area contributed by atoms with E-state index in [1.165, 1.54) is 16.8 Å². The summed E-state index contributed by atoms with van der Waals surface area (Å²) >= 11 is 1.70. The first-order valence-corrected chi connectivity index (χ1v) is 11.7.